The molecule has 0 unspecified atom stereocenters. The highest BCUT2D eigenvalue weighted by Crippen LogP contribution is 2.28. The fraction of sp³-hybridized carbons (Fsp3) is 0.292. The third-order valence-corrected chi connectivity index (χ3v) is 7.67. The number of likely N-dealkylation sites (tertiary alicyclic amines) is 1. The molecule has 1 aromatic heterocycles. The summed E-state index contributed by atoms with van der Waals surface area (Å²) in [5.74, 6) is -0.243. The Morgan fingerprint density at radius 3 is 2.56 bits per heavy atom. The van der Waals surface area contributed by atoms with E-state index in [2.05, 4.69) is 11.0 Å². The first-order chi connectivity index (χ1) is 15.5. The highest BCUT2D eigenvalue weighted by atomic mass is 32.2. The van der Waals surface area contributed by atoms with E-state index >= 15 is 0 Å². The minimum atomic E-state index is -4.05. The zero-order chi connectivity index (χ0) is 22.6. The normalized spacial score (nSPS) is 15.7. The van der Waals surface area contributed by atoms with Crippen LogP contribution in [0, 0.1) is 17.1 Å². The molecule has 0 atom stereocenters. The van der Waals surface area contributed by atoms with Gasteiger partial charge in [-0.25, -0.2) is 12.8 Å². The third kappa shape index (κ3) is 4.91. The number of hydrogen-bond donors (Lipinski definition) is 0. The van der Waals surface area contributed by atoms with Gasteiger partial charge in [0.25, 0.3) is 0 Å². The molecule has 1 aliphatic heterocycles. The van der Waals surface area contributed by atoms with Crippen molar-refractivity contribution >= 4 is 10.0 Å². The van der Waals surface area contributed by atoms with E-state index in [0.717, 1.165) is 11.6 Å². The van der Waals surface area contributed by atoms with E-state index in [1.54, 1.807) is 18.2 Å². The molecule has 1 fully saturated rings. The van der Waals surface area contributed by atoms with Gasteiger partial charge in [0.05, 0.1) is 24.4 Å². The van der Waals surface area contributed by atoms with Gasteiger partial charge < -0.3 is 4.42 Å². The Hall–Kier alpha value is -2.99. The van der Waals surface area contributed by atoms with Crippen LogP contribution >= 0.6 is 0 Å². The molecule has 0 N–H and O–H groups in total. The predicted octanol–water partition coefficient (Wildman–Crippen LogP) is 4.15. The maximum absolute atomic E-state index is 14.4. The highest BCUT2D eigenvalue weighted by molar-refractivity contribution is 7.89. The lowest BCUT2D eigenvalue weighted by molar-refractivity contribution is 0.146. The lowest BCUT2D eigenvalue weighted by Gasteiger charge is -2.37. The molecule has 0 saturated carbocycles. The molecule has 0 spiro atoms. The highest BCUT2D eigenvalue weighted by Gasteiger charge is 2.35. The summed E-state index contributed by atoms with van der Waals surface area (Å²) >= 11 is 0. The number of benzene rings is 2. The first-order valence-electron chi connectivity index (χ1n) is 10.5. The molecule has 32 heavy (non-hydrogen) atoms. The number of piperidine rings is 1. The Morgan fingerprint density at radius 2 is 1.88 bits per heavy atom. The molecule has 166 valence electrons. The van der Waals surface area contributed by atoms with E-state index in [1.807, 2.05) is 18.2 Å². The minimum Gasteiger partial charge on any atom is -0.468 e. The molecule has 3 aromatic rings. The maximum atomic E-state index is 14.4. The van der Waals surface area contributed by atoms with Gasteiger partial charge in [-0.3, -0.25) is 4.90 Å². The number of nitriles is 1. The van der Waals surface area contributed by atoms with Crippen LogP contribution in [0.25, 0.3) is 0 Å². The van der Waals surface area contributed by atoms with Crippen LogP contribution in [0.5, 0.6) is 0 Å². The molecule has 0 radical (unpaired) electrons. The van der Waals surface area contributed by atoms with Crippen molar-refractivity contribution in [3.05, 3.63) is 89.6 Å². The zero-order valence-corrected chi connectivity index (χ0v) is 18.3. The van der Waals surface area contributed by atoms with E-state index in [9.17, 15) is 12.8 Å². The smallest absolute Gasteiger partial charge is 0.246 e. The van der Waals surface area contributed by atoms with Crippen molar-refractivity contribution in [3.8, 4) is 6.07 Å². The Balaban J connectivity index is 1.51. The van der Waals surface area contributed by atoms with E-state index in [4.69, 9.17) is 9.68 Å². The molecule has 0 bridgehead atoms. The van der Waals surface area contributed by atoms with Crippen molar-refractivity contribution in [2.24, 2.45) is 0 Å². The summed E-state index contributed by atoms with van der Waals surface area (Å²) in [4.78, 5) is 1.93. The molecule has 6 nitrogen and oxygen atoms in total. The summed E-state index contributed by atoms with van der Waals surface area (Å²) in [6, 6.07) is 18.3. The molecule has 2 heterocycles. The van der Waals surface area contributed by atoms with Crippen LogP contribution in [0.1, 0.15) is 29.7 Å². The SMILES string of the molecule is N#Cc1cccc(CN2CCC(N(Cc3ccco3)S(=O)(=O)c3ccccc3F)CC2)c1. The summed E-state index contributed by atoms with van der Waals surface area (Å²) in [5, 5.41) is 9.10. The standard InChI is InChI=1S/C24H24FN3O3S/c25-23-8-1-2-9-24(23)32(29,30)28(18-22-7-4-14-31-22)21-10-12-27(13-11-21)17-20-6-3-5-19(15-20)16-26/h1-9,14-15,21H,10-13,17-18H2. The molecule has 2 aromatic carbocycles. The molecule has 8 heteroatoms. The van der Waals surface area contributed by atoms with Gasteiger partial charge in [-0.15, -0.1) is 0 Å². The van der Waals surface area contributed by atoms with Gasteiger partial charge in [0.1, 0.15) is 16.5 Å². The molecule has 0 aliphatic carbocycles. The van der Waals surface area contributed by atoms with Gasteiger partial charge >= 0.3 is 0 Å². The summed E-state index contributed by atoms with van der Waals surface area (Å²) in [7, 11) is -4.05. The number of sulfonamides is 1. The van der Waals surface area contributed by atoms with Gasteiger partial charge in [0.2, 0.25) is 10.0 Å². The van der Waals surface area contributed by atoms with Crippen LogP contribution in [-0.2, 0) is 23.1 Å². The summed E-state index contributed by atoms with van der Waals surface area (Å²) in [6.07, 6.45) is 2.74. The van der Waals surface area contributed by atoms with Gasteiger partial charge in [0, 0.05) is 25.7 Å². The second-order valence-corrected chi connectivity index (χ2v) is 9.74. The van der Waals surface area contributed by atoms with Gasteiger partial charge in [-0.2, -0.15) is 9.57 Å². The van der Waals surface area contributed by atoms with Gasteiger partial charge in [0.15, 0.2) is 0 Å². The fourth-order valence-electron chi connectivity index (χ4n) is 4.11. The molecule has 4 rings (SSSR count). The summed E-state index contributed by atoms with van der Waals surface area (Å²) in [6.45, 7) is 2.14. The fourth-order valence-corrected chi connectivity index (χ4v) is 5.83. The van der Waals surface area contributed by atoms with Crippen molar-refractivity contribution in [2.45, 2.75) is 36.9 Å². The number of halogens is 1. The van der Waals surface area contributed by atoms with Crippen LogP contribution < -0.4 is 0 Å². The van der Waals surface area contributed by atoms with Crippen LogP contribution in [0.4, 0.5) is 4.39 Å². The predicted molar refractivity (Wildman–Crippen MR) is 117 cm³/mol. The Bertz CT molecular complexity index is 1200. The largest absolute Gasteiger partial charge is 0.468 e. The summed E-state index contributed by atoms with van der Waals surface area (Å²) in [5.41, 5.74) is 1.67. The third-order valence-electron chi connectivity index (χ3n) is 5.74. The van der Waals surface area contributed by atoms with Crippen LogP contribution in [0.3, 0.4) is 0 Å². The molecule has 1 saturated heterocycles. The average Bonchev–Trinajstić information content (AvgIpc) is 3.32. The molecule has 0 amide bonds. The monoisotopic (exact) mass is 453 g/mol. The first kappa shape index (κ1) is 22.2. The van der Waals surface area contributed by atoms with Crippen molar-refractivity contribution in [2.75, 3.05) is 13.1 Å². The number of furan rings is 1. The first-order valence-corrected chi connectivity index (χ1v) is 11.9. The quantitative estimate of drug-likeness (QED) is 0.537. The van der Waals surface area contributed by atoms with Gasteiger partial charge in [-0.1, -0.05) is 24.3 Å². The van der Waals surface area contributed by atoms with Crippen LogP contribution in [-0.4, -0.2) is 36.8 Å². The van der Waals surface area contributed by atoms with Crippen LogP contribution in [0.2, 0.25) is 0 Å². The maximum Gasteiger partial charge on any atom is 0.246 e. The second-order valence-electron chi connectivity index (χ2n) is 7.88. The summed E-state index contributed by atoms with van der Waals surface area (Å²) < 4.78 is 48.0. The van der Waals surface area contributed by atoms with Crippen molar-refractivity contribution in [3.63, 3.8) is 0 Å². The average molecular weight is 454 g/mol. The van der Waals surface area contributed by atoms with E-state index in [-0.39, 0.29) is 17.5 Å². The number of hydrogen-bond acceptors (Lipinski definition) is 5. The zero-order valence-electron chi connectivity index (χ0n) is 17.5. The second kappa shape index (κ2) is 9.65. The molecule has 1 aliphatic rings. The van der Waals surface area contributed by atoms with Crippen LogP contribution in [0.15, 0.2) is 76.2 Å². The number of nitrogens with zero attached hydrogens (tertiary/aromatic N) is 3. The topological polar surface area (TPSA) is 77.6 Å². The molecular weight excluding hydrogens is 429 g/mol. The molecular formula is C24H24FN3O3S. The Morgan fingerprint density at radius 1 is 1.09 bits per heavy atom. The lowest BCUT2D eigenvalue weighted by Crippen LogP contribution is -2.46. The van der Waals surface area contributed by atoms with Crippen molar-refractivity contribution in [1.82, 2.24) is 9.21 Å². The lowest BCUT2D eigenvalue weighted by atomic mass is 10.0. The Labute approximate surface area is 187 Å². The van der Waals surface area contributed by atoms with E-state index in [1.165, 1.54) is 28.8 Å². The Kier molecular flexibility index (Phi) is 6.70. The number of rotatable bonds is 7. The van der Waals surface area contributed by atoms with Crippen molar-refractivity contribution in [1.29, 1.82) is 5.26 Å². The van der Waals surface area contributed by atoms with Gasteiger partial charge in [-0.05, 0) is 54.8 Å². The van der Waals surface area contributed by atoms with E-state index < -0.39 is 15.8 Å². The van der Waals surface area contributed by atoms with Crippen molar-refractivity contribution < 1.29 is 17.2 Å². The van der Waals surface area contributed by atoms with E-state index in [0.29, 0.717) is 43.8 Å². The minimum absolute atomic E-state index is 0.0541.